The summed E-state index contributed by atoms with van der Waals surface area (Å²) < 4.78 is 2.58. The molecule has 0 aliphatic carbocycles. The van der Waals surface area contributed by atoms with E-state index in [1.54, 1.807) is 23.0 Å². The molecule has 0 aliphatic heterocycles. The Morgan fingerprint density at radius 3 is 2.78 bits per heavy atom. The summed E-state index contributed by atoms with van der Waals surface area (Å²) in [5, 5.41) is 7.55. The second-order valence-electron chi connectivity index (χ2n) is 3.88. The third-order valence-corrected chi connectivity index (χ3v) is 4.02. The number of benzene rings is 1. The molecule has 0 spiro atoms. The van der Waals surface area contributed by atoms with Gasteiger partial charge >= 0.3 is 0 Å². The summed E-state index contributed by atoms with van der Waals surface area (Å²) in [4.78, 5) is 12.0. The van der Waals surface area contributed by atoms with E-state index in [2.05, 4.69) is 33.0 Å². The molecule has 6 heteroatoms. The number of halogens is 2. The summed E-state index contributed by atoms with van der Waals surface area (Å²) in [6.07, 6.45) is 1.77. The predicted octanol–water partition coefficient (Wildman–Crippen LogP) is 3.24. The largest absolute Gasteiger partial charge is 0.319 e. The van der Waals surface area contributed by atoms with Gasteiger partial charge in [0, 0.05) is 22.4 Å². The quantitative estimate of drug-likeness (QED) is 0.819. The lowest BCUT2D eigenvalue weighted by Gasteiger charge is -2.04. The summed E-state index contributed by atoms with van der Waals surface area (Å²) in [6.45, 7) is 1.84. The minimum absolute atomic E-state index is 0.190. The van der Waals surface area contributed by atoms with Crippen LogP contribution in [0.1, 0.15) is 16.1 Å². The summed E-state index contributed by atoms with van der Waals surface area (Å²) in [5.41, 5.74) is 2.02. The number of anilines is 1. The monoisotopic (exact) mass is 375 g/mol. The maximum absolute atomic E-state index is 12.0. The number of hydrogen-bond acceptors (Lipinski definition) is 2. The van der Waals surface area contributed by atoms with Crippen LogP contribution in [0.4, 0.5) is 5.69 Å². The molecule has 0 fully saturated rings. The summed E-state index contributed by atoms with van der Waals surface area (Å²) in [7, 11) is 1.81. The minimum Gasteiger partial charge on any atom is -0.319 e. The third kappa shape index (κ3) is 2.84. The molecular formula is C12H11ClIN3O. The molecular weight excluding hydrogens is 365 g/mol. The smallest absolute Gasteiger partial charge is 0.255 e. The molecule has 0 aliphatic rings. The Morgan fingerprint density at radius 2 is 2.22 bits per heavy atom. The van der Waals surface area contributed by atoms with E-state index in [4.69, 9.17) is 11.6 Å². The van der Waals surface area contributed by atoms with Crippen molar-refractivity contribution in [2.75, 3.05) is 5.32 Å². The molecule has 1 N–H and O–H groups in total. The fourth-order valence-corrected chi connectivity index (χ4v) is 2.07. The van der Waals surface area contributed by atoms with Gasteiger partial charge in [-0.2, -0.15) is 5.10 Å². The highest BCUT2D eigenvalue weighted by Gasteiger charge is 2.11. The van der Waals surface area contributed by atoms with Crippen molar-refractivity contribution in [1.82, 2.24) is 9.78 Å². The van der Waals surface area contributed by atoms with E-state index in [9.17, 15) is 4.79 Å². The number of carbonyl (C=O) groups is 1. The molecule has 0 unspecified atom stereocenters. The summed E-state index contributed by atoms with van der Waals surface area (Å²) in [5.74, 6) is -0.190. The van der Waals surface area contributed by atoms with Gasteiger partial charge in [0.05, 0.1) is 16.4 Å². The summed E-state index contributed by atoms with van der Waals surface area (Å²) in [6, 6.07) is 5.22. The van der Waals surface area contributed by atoms with Gasteiger partial charge < -0.3 is 5.32 Å². The molecule has 4 nitrogen and oxygen atoms in total. The summed E-state index contributed by atoms with van der Waals surface area (Å²) >= 11 is 8.11. The van der Waals surface area contributed by atoms with Crippen LogP contribution in [0.5, 0.6) is 0 Å². The van der Waals surface area contributed by atoms with Gasteiger partial charge in [0.1, 0.15) is 0 Å². The zero-order valence-corrected chi connectivity index (χ0v) is 12.8. The molecule has 1 aromatic heterocycles. The number of nitrogens with zero attached hydrogens (tertiary/aromatic N) is 2. The van der Waals surface area contributed by atoms with E-state index in [-0.39, 0.29) is 5.91 Å². The van der Waals surface area contributed by atoms with Gasteiger partial charge in [-0.3, -0.25) is 9.48 Å². The number of rotatable bonds is 2. The van der Waals surface area contributed by atoms with E-state index in [0.717, 1.165) is 9.26 Å². The van der Waals surface area contributed by atoms with Crippen LogP contribution in [0, 0.1) is 10.5 Å². The van der Waals surface area contributed by atoms with Crippen molar-refractivity contribution in [1.29, 1.82) is 0 Å². The van der Waals surface area contributed by atoms with E-state index < -0.39 is 0 Å². The van der Waals surface area contributed by atoms with Crippen molar-refractivity contribution in [2.24, 2.45) is 7.05 Å². The molecule has 1 aromatic carbocycles. The number of nitrogens with one attached hydrogen (secondary N) is 1. The number of aromatic nitrogens is 2. The van der Waals surface area contributed by atoms with Crippen LogP contribution in [0.15, 0.2) is 24.4 Å². The second-order valence-corrected chi connectivity index (χ2v) is 5.45. The predicted molar refractivity (Wildman–Crippen MR) is 80.1 cm³/mol. The van der Waals surface area contributed by atoms with Gasteiger partial charge in [0.2, 0.25) is 0 Å². The van der Waals surface area contributed by atoms with Crippen LogP contribution < -0.4 is 5.32 Å². The number of amides is 1. The molecule has 1 heterocycles. The Morgan fingerprint density at radius 1 is 1.50 bits per heavy atom. The SMILES string of the molecule is Cc1nn(C)cc1NC(=O)c1ccc(I)c(Cl)c1. The minimum atomic E-state index is -0.190. The number of aryl methyl sites for hydroxylation is 2. The first-order valence-corrected chi connectivity index (χ1v) is 6.69. The van der Waals surface area contributed by atoms with Gasteiger partial charge in [0.25, 0.3) is 5.91 Å². The molecule has 2 rings (SSSR count). The zero-order chi connectivity index (χ0) is 13.3. The van der Waals surface area contributed by atoms with Crippen LogP contribution in [0.25, 0.3) is 0 Å². The van der Waals surface area contributed by atoms with Crippen LogP contribution >= 0.6 is 34.2 Å². The van der Waals surface area contributed by atoms with Crippen molar-refractivity contribution in [2.45, 2.75) is 6.92 Å². The maximum Gasteiger partial charge on any atom is 0.255 e. The highest BCUT2D eigenvalue weighted by molar-refractivity contribution is 14.1. The van der Waals surface area contributed by atoms with Crippen molar-refractivity contribution < 1.29 is 4.79 Å². The Hall–Kier alpha value is -1.08. The van der Waals surface area contributed by atoms with Gasteiger partial charge in [0.15, 0.2) is 0 Å². The Kier molecular flexibility index (Phi) is 3.91. The fraction of sp³-hybridized carbons (Fsp3) is 0.167. The second kappa shape index (κ2) is 5.27. The van der Waals surface area contributed by atoms with E-state index in [1.807, 2.05) is 20.0 Å². The third-order valence-electron chi connectivity index (χ3n) is 2.44. The van der Waals surface area contributed by atoms with Gasteiger partial charge in [-0.05, 0) is 47.7 Å². The van der Waals surface area contributed by atoms with Crippen LogP contribution in [0.3, 0.4) is 0 Å². The van der Waals surface area contributed by atoms with Crippen molar-refractivity contribution in [3.8, 4) is 0 Å². The molecule has 1 amide bonds. The number of hydrogen-bond donors (Lipinski definition) is 1. The molecule has 0 saturated carbocycles. The lowest BCUT2D eigenvalue weighted by atomic mass is 10.2. The Bertz CT molecular complexity index is 609. The van der Waals surface area contributed by atoms with Crippen LogP contribution in [-0.4, -0.2) is 15.7 Å². The van der Waals surface area contributed by atoms with E-state index in [1.165, 1.54) is 0 Å². The molecule has 18 heavy (non-hydrogen) atoms. The zero-order valence-electron chi connectivity index (χ0n) is 9.87. The van der Waals surface area contributed by atoms with Crippen molar-refractivity contribution in [3.05, 3.63) is 44.2 Å². The number of carbonyl (C=O) groups excluding carboxylic acids is 1. The Balaban J connectivity index is 2.22. The molecule has 0 bridgehead atoms. The molecule has 0 radical (unpaired) electrons. The van der Waals surface area contributed by atoms with Gasteiger partial charge in [-0.15, -0.1) is 0 Å². The highest BCUT2D eigenvalue weighted by Crippen LogP contribution is 2.20. The van der Waals surface area contributed by atoms with Crippen molar-refractivity contribution in [3.63, 3.8) is 0 Å². The first-order chi connectivity index (χ1) is 8.47. The molecule has 0 atom stereocenters. The topological polar surface area (TPSA) is 46.9 Å². The van der Waals surface area contributed by atoms with Crippen LogP contribution in [-0.2, 0) is 7.05 Å². The maximum atomic E-state index is 12.0. The average molecular weight is 376 g/mol. The molecule has 0 saturated heterocycles. The van der Waals surface area contributed by atoms with Crippen molar-refractivity contribution >= 4 is 45.8 Å². The average Bonchev–Trinajstić information content (AvgIpc) is 2.61. The van der Waals surface area contributed by atoms with E-state index >= 15 is 0 Å². The first-order valence-electron chi connectivity index (χ1n) is 5.24. The van der Waals surface area contributed by atoms with E-state index in [0.29, 0.717) is 16.3 Å². The molecule has 2 aromatic rings. The lowest BCUT2D eigenvalue weighted by molar-refractivity contribution is 0.102. The van der Waals surface area contributed by atoms with Gasteiger partial charge in [-0.25, -0.2) is 0 Å². The van der Waals surface area contributed by atoms with Gasteiger partial charge in [-0.1, -0.05) is 11.6 Å². The lowest BCUT2D eigenvalue weighted by Crippen LogP contribution is -2.12. The first kappa shape index (κ1) is 13.4. The molecule has 94 valence electrons. The Labute approximate surface area is 123 Å². The normalized spacial score (nSPS) is 10.4. The fourth-order valence-electron chi connectivity index (χ4n) is 1.55. The standard InChI is InChI=1S/C12H11ClIN3O/c1-7-11(6-17(2)16-7)15-12(18)8-3-4-10(14)9(13)5-8/h3-6H,1-2H3,(H,15,18). The van der Waals surface area contributed by atoms with Crippen LogP contribution in [0.2, 0.25) is 5.02 Å². The highest BCUT2D eigenvalue weighted by atomic mass is 127.